The van der Waals surface area contributed by atoms with E-state index in [9.17, 15) is 4.79 Å². The van der Waals surface area contributed by atoms with E-state index in [2.05, 4.69) is 47.8 Å². The van der Waals surface area contributed by atoms with Crippen LogP contribution in [-0.4, -0.2) is 43.0 Å². The van der Waals surface area contributed by atoms with Gasteiger partial charge in [-0.15, -0.1) is 0 Å². The first-order valence-electron chi connectivity index (χ1n) is 11.0. The van der Waals surface area contributed by atoms with E-state index in [0.717, 1.165) is 42.9 Å². The van der Waals surface area contributed by atoms with Crippen LogP contribution in [0.25, 0.3) is 5.69 Å². The molecule has 33 heavy (non-hydrogen) atoms. The Morgan fingerprint density at radius 2 is 1.85 bits per heavy atom. The van der Waals surface area contributed by atoms with Gasteiger partial charge in [0.25, 0.3) is 5.91 Å². The number of nitrogens with one attached hydrogen (secondary N) is 2. The minimum absolute atomic E-state index is 0.219. The molecule has 1 aromatic heterocycles. The van der Waals surface area contributed by atoms with E-state index in [1.807, 2.05) is 4.68 Å². The molecular weight excluding hydrogens is 440 g/mol. The molecule has 0 unspecified atom stereocenters. The zero-order valence-corrected chi connectivity index (χ0v) is 20.1. The Labute approximate surface area is 199 Å². The van der Waals surface area contributed by atoms with Gasteiger partial charge in [0.05, 0.1) is 48.1 Å². The van der Waals surface area contributed by atoms with E-state index in [4.69, 9.17) is 21.1 Å². The molecule has 0 atom stereocenters. The number of carbonyl (C=O) groups is 1. The smallest absolute Gasteiger partial charge is 0.259 e. The Kier molecular flexibility index (Phi) is 6.91. The van der Waals surface area contributed by atoms with Gasteiger partial charge in [-0.1, -0.05) is 29.3 Å². The van der Waals surface area contributed by atoms with Gasteiger partial charge in [-0.3, -0.25) is 4.79 Å². The van der Waals surface area contributed by atoms with Gasteiger partial charge in [0.1, 0.15) is 11.5 Å². The summed E-state index contributed by atoms with van der Waals surface area (Å²) in [6.45, 7) is 5.96. The molecule has 1 aliphatic heterocycles. The molecule has 0 aliphatic carbocycles. The third kappa shape index (κ3) is 4.70. The molecule has 4 rings (SSSR count). The van der Waals surface area contributed by atoms with Crippen LogP contribution in [0.2, 0.25) is 5.02 Å². The van der Waals surface area contributed by atoms with Gasteiger partial charge in [-0.25, -0.2) is 4.68 Å². The average Bonchev–Trinajstić information content (AvgIpc) is 3.25. The Morgan fingerprint density at radius 3 is 2.52 bits per heavy atom. The molecule has 0 radical (unpaired) electrons. The Hall–Kier alpha value is -3.03. The first-order valence-corrected chi connectivity index (χ1v) is 11.4. The molecule has 2 aromatic carbocycles. The van der Waals surface area contributed by atoms with Gasteiger partial charge >= 0.3 is 0 Å². The number of aryl methyl sites for hydroxylation is 2. The van der Waals surface area contributed by atoms with Crippen LogP contribution < -0.4 is 20.1 Å². The van der Waals surface area contributed by atoms with E-state index >= 15 is 0 Å². The summed E-state index contributed by atoms with van der Waals surface area (Å²) in [5, 5.41) is 11.4. The number of nitrogens with zero attached hydrogens (tertiary/aromatic N) is 2. The Bertz CT molecular complexity index is 1170. The van der Waals surface area contributed by atoms with E-state index in [-0.39, 0.29) is 11.8 Å². The number of hydrogen-bond donors (Lipinski definition) is 2. The molecule has 0 spiro atoms. The standard InChI is InChI=1S/C25H29ClN4O3/c1-15-5-6-21(16(2)11-15)30-24(17-7-9-27-10-8-17)18(14-28-30)25(31)29-20-12-19(26)22(32-3)13-23(20)33-4/h5-6,11-14,17,27H,7-10H2,1-4H3,(H,29,31). The highest BCUT2D eigenvalue weighted by Crippen LogP contribution is 2.37. The third-order valence-corrected chi connectivity index (χ3v) is 6.37. The van der Waals surface area contributed by atoms with Crippen molar-refractivity contribution in [2.45, 2.75) is 32.6 Å². The maximum atomic E-state index is 13.5. The number of rotatable bonds is 6. The molecule has 1 amide bonds. The topological polar surface area (TPSA) is 77.4 Å². The van der Waals surface area contributed by atoms with Crippen LogP contribution in [0, 0.1) is 13.8 Å². The molecule has 7 nitrogen and oxygen atoms in total. The number of ether oxygens (including phenoxy) is 2. The number of amides is 1. The van der Waals surface area contributed by atoms with Crippen LogP contribution >= 0.6 is 11.6 Å². The van der Waals surface area contributed by atoms with Gasteiger partial charge in [0.2, 0.25) is 0 Å². The van der Waals surface area contributed by atoms with Crippen molar-refractivity contribution in [3.63, 3.8) is 0 Å². The summed E-state index contributed by atoms with van der Waals surface area (Å²) in [7, 11) is 3.07. The first kappa shape index (κ1) is 23.1. The molecule has 2 heterocycles. The van der Waals surface area contributed by atoms with Crippen molar-refractivity contribution in [1.82, 2.24) is 15.1 Å². The Morgan fingerprint density at radius 1 is 1.12 bits per heavy atom. The quantitative estimate of drug-likeness (QED) is 0.539. The molecule has 2 N–H and O–H groups in total. The van der Waals surface area contributed by atoms with Crippen molar-refractivity contribution in [2.75, 3.05) is 32.6 Å². The zero-order valence-electron chi connectivity index (χ0n) is 19.4. The van der Waals surface area contributed by atoms with Crippen molar-refractivity contribution in [3.05, 3.63) is 63.9 Å². The average molecular weight is 469 g/mol. The second-order valence-corrected chi connectivity index (χ2v) is 8.72. The zero-order chi connectivity index (χ0) is 23.5. The van der Waals surface area contributed by atoms with Gasteiger partial charge in [0, 0.05) is 12.0 Å². The van der Waals surface area contributed by atoms with Crippen LogP contribution in [0.5, 0.6) is 11.5 Å². The maximum absolute atomic E-state index is 13.5. The van der Waals surface area contributed by atoms with Crippen LogP contribution in [0.4, 0.5) is 5.69 Å². The predicted molar refractivity (Wildman–Crippen MR) is 130 cm³/mol. The van der Waals surface area contributed by atoms with Crippen molar-refractivity contribution < 1.29 is 14.3 Å². The Balaban J connectivity index is 1.75. The lowest BCUT2D eigenvalue weighted by atomic mass is 9.91. The van der Waals surface area contributed by atoms with Gasteiger partial charge in [-0.05, 0) is 57.5 Å². The molecular formula is C25H29ClN4O3. The van der Waals surface area contributed by atoms with Crippen LogP contribution in [0.3, 0.4) is 0 Å². The van der Waals surface area contributed by atoms with Crippen molar-refractivity contribution in [3.8, 4) is 17.2 Å². The summed E-state index contributed by atoms with van der Waals surface area (Å²) in [6, 6.07) is 9.56. The minimum Gasteiger partial charge on any atom is -0.495 e. The van der Waals surface area contributed by atoms with Gasteiger partial charge < -0.3 is 20.1 Å². The fourth-order valence-electron chi connectivity index (χ4n) is 4.40. The highest BCUT2D eigenvalue weighted by atomic mass is 35.5. The summed E-state index contributed by atoms with van der Waals surface area (Å²) in [5.74, 6) is 0.912. The molecule has 3 aromatic rings. The predicted octanol–water partition coefficient (Wildman–Crippen LogP) is 4.88. The minimum atomic E-state index is -0.251. The molecule has 174 valence electrons. The second kappa shape index (κ2) is 9.85. The maximum Gasteiger partial charge on any atom is 0.259 e. The van der Waals surface area contributed by atoms with Gasteiger partial charge in [-0.2, -0.15) is 5.10 Å². The molecule has 8 heteroatoms. The lowest BCUT2D eigenvalue weighted by Gasteiger charge is -2.25. The van der Waals surface area contributed by atoms with Gasteiger partial charge in [0.15, 0.2) is 0 Å². The highest BCUT2D eigenvalue weighted by molar-refractivity contribution is 6.32. The van der Waals surface area contributed by atoms with E-state index < -0.39 is 0 Å². The van der Waals surface area contributed by atoms with E-state index in [1.165, 1.54) is 19.8 Å². The van der Waals surface area contributed by atoms with Crippen LogP contribution in [0.15, 0.2) is 36.5 Å². The number of aromatic nitrogens is 2. The summed E-state index contributed by atoms with van der Waals surface area (Å²) in [5.41, 5.74) is 5.24. The summed E-state index contributed by atoms with van der Waals surface area (Å²) in [4.78, 5) is 13.5. The van der Waals surface area contributed by atoms with E-state index in [1.54, 1.807) is 18.3 Å². The number of hydrogen-bond acceptors (Lipinski definition) is 5. The van der Waals surface area contributed by atoms with Crippen LogP contribution in [-0.2, 0) is 0 Å². The summed E-state index contributed by atoms with van der Waals surface area (Å²) in [6.07, 6.45) is 3.53. The fraction of sp³-hybridized carbons (Fsp3) is 0.360. The highest BCUT2D eigenvalue weighted by Gasteiger charge is 2.28. The van der Waals surface area contributed by atoms with Crippen molar-refractivity contribution in [2.24, 2.45) is 0 Å². The molecule has 1 saturated heterocycles. The fourth-order valence-corrected chi connectivity index (χ4v) is 4.64. The number of halogens is 1. The number of piperidine rings is 1. The van der Waals surface area contributed by atoms with Crippen molar-refractivity contribution in [1.29, 1.82) is 0 Å². The number of carbonyl (C=O) groups excluding carboxylic acids is 1. The molecule has 0 saturated carbocycles. The lowest BCUT2D eigenvalue weighted by Crippen LogP contribution is -2.29. The lowest BCUT2D eigenvalue weighted by molar-refractivity contribution is 0.102. The number of anilines is 1. The summed E-state index contributed by atoms with van der Waals surface area (Å²) >= 11 is 6.30. The largest absolute Gasteiger partial charge is 0.495 e. The van der Waals surface area contributed by atoms with Crippen LogP contribution in [0.1, 0.15) is 45.9 Å². The monoisotopic (exact) mass is 468 g/mol. The third-order valence-electron chi connectivity index (χ3n) is 6.08. The van der Waals surface area contributed by atoms with Crippen molar-refractivity contribution >= 4 is 23.2 Å². The SMILES string of the molecule is COc1cc(OC)c(NC(=O)c2cnn(-c3ccc(C)cc3C)c2C2CCNCC2)cc1Cl. The molecule has 1 aliphatic rings. The number of methoxy groups -OCH3 is 2. The summed E-state index contributed by atoms with van der Waals surface area (Å²) < 4.78 is 12.6. The second-order valence-electron chi connectivity index (χ2n) is 8.31. The first-order chi connectivity index (χ1) is 15.9. The molecule has 0 bridgehead atoms. The molecule has 1 fully saturated rings. The number of benzene rings is 2. The van der Waals surface area contributed by atoms with E-state index in [0.29, 0.717) is 27.8 Å². The normalized spacial score (nSPS) is 14.2.